The zero-order valence-corrected chi connectivity index (χ0v) is 11.5. The monoisotopic (exact) mass is 274 g/mol. The van der Waals surface area contributed by atoms with Crippen LogP contribution in [0.2, 0.25) is 0 Å². The Labute approximate surface area is 107 Å². The molecule has 0 saturated carbocycles. The van der Waals surface area contributed by atoms with Gasteiger partial charge in [0.1, 0.15) is 4.90 Å². The highest BCUT2D eigenvalue weighted by Crippen LogP contribution is 2.17. The number of aromatic amines is 1. The van der Waals surface area contributed by atoms with Crippen LogP contribution in [-0.4, -0.2) is 49.0 Å². The Hall–Kier alpha value is -1.41. The highest BCUT2D eigenvalue weighted by molar-refractivity contribution is 7.89. The summed E-state index contributed by atoms with van der Waals surface area (Å²) in [4.78, 5) is 11.5. The van der Waals surface area contributed by atoms with E-state index in [9.17, 15) is 13.2 Å². The SMILES string of the molecule is CCCN(CC(=O)NC)S(=O)(=O)c1cn[nH]c1C. The van der Waals surface area contributed by atoms with Crippen LogP contribution in [0.15, 0.2) is 11.1 Å². The number of rotatable bonds is 6. The summed E-state index contributed by atoms with van der Waals surface area (Å²) in [5.41, 5.74) is 0.466. The van der Waals surface area contributed by atoms with Gasteiger partial charge in [-0.1, -0.05) is 6.92 Å². The molecule has 8 heteroatoms. The molecule has 0 aliphatic carbocycles. The second-order valence-electron chi connectivity index (χ2n) is 3.87. The second-order valence-corrected chi connectivity index (χ2v) is 5.78. The summed E-state index contributed by atoms with van der Waals surface area (Å²) in [5, 5.41) is 8.70. The molecule has 0 aromatic carbocycles. The van der Waals surface area contributed by atoms with Gasteiger partial charge in [0.25, 0.3) is 0 Å². The number of hydrogen-bond donors (Lipinski definition) is 2. The first-order valence-corrected chi connectivity index (χ1v) is 7.08. The van der Waals surface area contributed by atoms with Crippen molar-refractivity contribution in [3.8, 4) is 0 Å². The van der Waals surface area contributed by atoms with E-state index in [0.717, 1.165) is 4.31 Å². The predicted octanol–water partition coefficient (Wildman–Crippen LogP) is -0.135. The van der Waals surface area contributed by atoms with Crippen LogP contribution in [0, 0.1) is 6.92 Å². The number of amides is 1. The normalized spacial score (nSPS) is 11.8. The first-order chi connectivity index (χ1) is 8.43. The molecule has 1 rings (SSSR count). The topological polar surface area (TPSA) is 95.2 Å². The molecule has 1 aromatic heterocycles. The molecular weight excluding hydrogens is 256 g/mol. The lowest BCUT2D eigenvalue weighted by Crippen LogP contribution is -2.40. The van der Waals surface area contributed by atoms with Crippen molar-refractivity contribution in [3.63, 3.8) is 0 Å². The molecule has 0 bridgehead atoms. The lowest BCUT2D eigenvalue weighted by Gasteiger charge is -2.20. The smallest absolute Gasteiger partial charge is 0.246 e. The van der Waals surface area contributed by atoms with Gasteiger partial charge < -0.3 is 5.32 Å². The molecule has 1 amide bonds. The van der Waals surface area contributed by atoms with Crippen LogP contribution in [0.1, 0.15) is 19.0 Å². The van der Waals surface area contributed by atoms with Crippen LogP contribution < -0.4 is 5.32 Å². The van der Waals surface area contributed by atoms with Gasteiger partial charge in [-0.15, -0.1) is 0 Å². The number of carbonyl (C=O) groups excluding carboxylic acids is 1. The molecule has 0 radical (unpaired) electrons. The molecule has 0 aliphatic rings. The van der Waals surface area contributed by atoms with Crippen molar-refractivity contribution in [2.45, 2.75) is 25.2 Å². The number of aryl methyl sites for hydroxylation is 1. The quantitative estimate of drug-likeness (QED) is 0.755. The Morgan fingerprint density at radius 3 is 2.67 bits per heavy atom. The van der Waals surface area contributed by atoms with Crippen molar-refractivity contribution in [3.05, 3.63) is 11.9 Å². The number of carbonyl (C=O) groups is 1. The van der Waals surface area contributed by atoms with Gasteiger partial charge in [0, 0.05) is 13.6 Å². The van der Waals surface area contributed by atoms with Gasteiger partial charge in [-0.05, 0) is 13.3 Å². The van der Waals surface area contributed by atoms with Crippen molar-refractivity contribution in [2.24, 2.45) is 0 Å². The minimum atomic E-state index is -3.68. The highest BCUT2D eigenvalue weighted by Gasteiger charge is 2.28. The summed E-state index contributed by atoms with van der Waals surface area (Å²) < 4.78 is 25.8. The molecule has 0 fully saturated rings. The van der Waals surface area contributed by atoms with Crippen LogP contribution >= 0.6 is 0 Å². The third-order valence-corrected chi connectivity index (χ3v) is 4.43. The summed E-state index contributed by atoms with van der Waals surface area (Å²) in [7, 11) is -2.20. The van der Waals surface area contributed by atoms with Gasteiger partial charge >= 0.3 is 0 Å². The Kier molecular flexibility index (Phi) is 4.85. The van der Waals surface area contributed by atoms with E-state index in [4.69, 9.17) is 0 Å². The van der Waals surface area contributed by atoms with E-state index in [0.29, 0.717) is 18.7 Å². The number of nitrogens with one attached hydrogen (secondary N) is 2. The maximum absolute atomic E-state index is 12.3. The fourth-order valence-corrected chi connectivity index (χ4v) is 3.12. The minimum absolute atomic E-state index is 0.111. The maximum Gasteiger partial charge on any atom is 0.246 e. The Balaban J connectivity index is 3.05. The van der Waals surface area contributed by atoms with Crippen molar-refractivity contribution >= 4 is 15.9 Å². The molecule has 0 spiro atoms. The first kappa shape index (κ1) is 14.7. The number of H-pyrrole nitrogens is 1. The molecule has 0 unspecified atom stereocenters. The van der Waals surface area contributed by atoms with Gasteiger partial charge in [-0.2, -0.15) is 9.40 Å². The molecule has 0 atom stereocenters. The van der Waals surface area contributed by atoms with E-state index in [1.165, 1.54) is 13.2 Å². The average molecular weight is 274 g/mol. The number of likely N-dealkylation sites (N-methyl/N-ethyl adjacent to an activating group) is 1. The van der Waals surface area contributed by atoms with E-state index < -0.39 is 10.0 Å². The predicted molar refractivity (Wildman–Crippen MR) is 66.4 cm³/mol. The Morgan fingerprint density at radius 1 is 1.56 bits per heavy atom. The van der Waals surface area contributed by atoms with E-state index in [-0.39, 0.29) is 17.3 Å². The first-order valence-electron chi connectivity index (χ1n) is 5.64. The van der Waals surface area contributed by atoms with E-state index in [2.05, 4.69) is 15.5 Å². The largest absolute Gasteiger partial charge is 0.358 e. The molecular formula is C10H18N4O3S. The van der Waals surface area contributed by atoms with Crippen LogP contribution in [-0.2, 0) is 14.8 Å². The van der Waals surface area contributed by atoms with Crippen molar-refractivity contribution < 1.29 is 13.2 Å². The summed E-state index contributed by atoms with van der Waals surface area (Å²) in [5.74, 6) is -0.340. The highest BCUT2D eigenvalue weighted by atomic mass is 32.2. The average Bonchev–Trinajstić information content (AvgIpc) is 2.75. The van der Waals surface area contributed by atoms with Crippen molar-refractivity contribution in [1.29, 1.82) is 0 Å². The van der Waals surface area contributed by atoms with Crippen LogP contribution in [0.5, 0.6) is 0 Å². The van der Waals surface area contributed by atoms with Gasteiger partial charge in [0.15, 0.2) is 0 Å². The molecule has 7 nitrogen and oxygen atoms in total. The summed E-state index contributed by atoms with van der Waals surface area (Å²) in [6.45, 7) is 3.59. The van der Waals surface area contributed by atoms with Crippen molar-refractivity contribution in [2.75, 3.05) is 20.1 Å². The fourth-order valence-electron chi connectivity index (χ4n) is 1.51. The fraction of sp³-hybridized carbons (Fsp3) is 0.600. The number of sulfonamides is 1. The molecule has 0 aliphatic heterocycles. The molecule has 18 heavy (non-hydrogen) atoms. The zero-order chi connectivity index (χ0) is 13.8. The van der Waals surface area contributed by atoms with E-state index >= 15 is 0 Å². The molecule has 2 N–H and O–H groups in total. The van der Waals surface area contributed by atoms with Gasteiger partial charge in [-0.3, -0.25) is 9.89 Å². The second kappa shape index (κ2) is 5.96. The maximum atomic E-state index is 12.3. The van der Waals surface area contributed by atoms with Gasteiger partial charge in [0.2, 0.25) is 15.9 Å². The van der Waals surface area contributed by atoms with Crippen LogP contribution in [0.4, 0.5) is 0 Å². The van der Waals surface area contributed by atoms with Gasteiger partial charge in [0.05, 0.1) is 18.4 Å². The number of aromatic nitrogens is 2. The van der Waals surface area contributed by atoms with Crippen LogP contribution in [0.25, 0.3) is 0 Å². The molecule has 1 heterocycles. The molecule has 102 valence electrons. The van der Waals surface area contributed by atoms with Gasteiger partial charge in [-0.25, -0.2) is 8.42 Å². The zero-order valence-electron chi connectivity index (χ0n) is 10.7. The molecule has 0 saturated heterocycles. The van der Waals surface area contributed by atoms with E-state index in [1.807, 2.05) is 6.92 Å². The third-order valence-electron chi connectivity index (χ3n) is 2.47. The lowest BCUT2D eigenvalue weighted by molar-refractivity contribution is -0.120. The summed E-state index contributed by atoms with van der Waals surface area (Å²) in [6.07, 6.45) is 1.89. The summed E-state index contributed by atoms with van der Waals surface area (Å²) in [6, 6.07) is 0. The minimum Gasteiger partial charge on any atom is -0.358 e. The molecule has 1 aromatic rings. The third kappa shape index (κ3) is 3.08. The summed E-state index contributed by atoms with van der Waals surface area (Å²) >= 11 is 0. The number of nitrogens with zero attached hydrogens (tertiary/aromatic N) is 2. The Morgan fingerprint density at radius 2 is 2.22 bits per heavy atom. The van der Waals surface area contributed by atoms with E-state index in [1.54, 1.807) is 6.92 Å². The Bertz CT molecular complexity index is 509. The van der Waals surface area contributed by atoms with Crippen LogP contribution in [0.3, 0.4) is 0 Å². The van der Waals surface area contributed by atoms with Crippen molar-refractivity contribution in [1.82, 2.24) is 19.8 Å². The number of hydrogen-bond acceptors (Lipinski definition) is 4. The lowest BCUT2D eigenvalue weighted by atomic mass is 10.4. The standard InChI is InChI=1S/C10H18N4O3S/c1-4-5-14(7-10(15)11-3)18(16,17)9-6-12-13-8(9)2/h6H,4-5,7H2,1-3H3,(H,11,15)(H,12,13).